The molecule has 1 N–H and O–H groups in total. The summed E-state index contributed by atoms with van der Waals surface area (Å²) in [4.78, 5) is 8.43. The van der Waals surface area contributed by atoms with Crippen molar-refractivity contribution >= 4 is 23.6 Å². The number of allylic oxidation sites excluding steroid dienone is 19. The molecule has 14 rings (SSSR count). The number of nitrogens with one attached hydrogen (secondary N) is 1. The van der Waals surface area contributed by atoms with Crippen LogP contribution >= 0.6 is 0 Å². The van der Waals surface area contributed by atoms with E-state index in [-0.39, 0.29) is 12.3 Å². The summed E-state index contributed by atoms with van der Waals surface area (Å²) in [5.41, 5.74) is 23.2. The fourth-order valence-electron chi connectivity index (χ4n) is 14.1. The lowest BCUT2D eigenvalue weighted by molar-refractivity contribution is 0.366. The second-order valence-electron chi connectivity index (χ2n) is 20.0. The maximum Gasteiger partial charge on any atom is 0.181 e. The van der Waals surface area contributed by atoms with Crippen molar-refractivity contribution in [3.63, 3.8) is 0 Å². The van der Waals surface area contributed by atoms with Gasteiger partial charge in [0.25, 0.3) is 0 Å². The first-order valence-electron chi connectivity index (χ1n) is 24.6. The summed E-state index contributed by atoms with van der Waals surface area (Å²) < 4.78 is 2.58. The summed E-state index contributed by atoms with van der Waals surface area (Å²) in [5.74, 6) is 2.92. The van der Waals surface area contributed by atoms with Crippen LogP contribution in [0.25, 0.3) is 12.2 Å². The van der Waals surface area contributed by atoms with E-state index < -0.39 is 0 Å². The summed E-state index contributed by atoms with van der Waals surface area (Å²) in [6.07, 6.45) is 51.2. The van der Waals surface area contributed by atoms with Crippen molar-refractivity contribution in [2.24, 2.45) is 34.6 Å². The summed E-state index contributed by atoms with van der Waals surface area (Å²) in [7, 11) is 0. The molecule has 3 aromatic rings. The first kappa shape index (κ1) is 37.4. The Bertz CT molecular complexity index is 2940. The predicted molar refractivity (Wildman–Crippen MR) is 262 cm³/mol. The minimum Gasteiger partial charge on any atom is -0.317 e. The predicted octanol–water partition coefficient (Wildman–Crippen LogP) is 13.3. The minimum absolute atomic E-state index is 0.187. The molecule has 0 saturated heterocycles. The average Bonchev–Trinajstić information content (AvgIpc) is 4.00. The number of hydrogen-bond donors (Lipinski definition) is 1. The Morgan fingerprint density at radius 2 is 1.58 bits per heavy atom. The van der Waals surface area contributed by atoms with Gasteiger partial charge in [0.2, 0.25) is 0 Å². The van der Waals surface area contributed by atoms with Crippen LogP contribution in [0.5, 0.6) is 0 Å². The van der Waals surface area contributed by atoms with E-state index in [1.807, 2.05) is 0 Å². The number of rotatable bonds is 5. The maximum absolute atomic E-state index is 5.79. The van der Waals surface area contributed by atoms with Crippen LogP contribution in [0.15, 0.2) is 189 Å². The van der Waals surface area contributed by atoms with Crippen LogP contribution in [0.1, 0.15) is 104 Å². The summed E-state index contributed by atoms with van der Waals surface area (Å²) in [5, 5.41) is 4.09. The quantitative estimate of drug-likeness (QED) is 0.278. The van der Waals surface area contributed by atoms with E-state index in [1.165, 1.54) is 70.0 Å². The highest BCUT2D eigenvalue weighted by molar-refractivity contribution is 6.14. The summed E-state index contributed by atoms with van der Waals surface area (Å²) >= 11 is 0. The van der Waals surface area contributed by atoms with Crippen LogP contribution in [-0.4, -0.2) is 16.3 Å². The molecule has 2 aromatic carbocycles. The number of hydrogen-bond acceptors (Lipinski definition) is 3. The van der Waals surface area contributed by atoms with E-state index in [2.05, 4.69) is 167 Å². The number of anilines is 1. The van der Waals surface area contributed by atoms with E-state index in [4.69, 9.17) is 4.99 Å². The van der Waals surface area contributed by atoms with Crippen LogP contribution in [0.2, 0.25) is 0 Å². The summed E-state index contributed by atoms with van der Waals surface area (Å²) in [6, 6.07) is 20.9. The molecule has 1 aromatic heterocycles. The first-order chi connectivity index (χ1) is 31.7. The number of aliphatic imine (C=N–C) groups is 1. The molecule has 0 spiro atoms. The third kappa shape index (κ3) is 5.67. The fraction of sp³-hybridized carbons (Fsp3) is 0.317. The van der Waals surface area contributed by atoms with Crippen LogP contribution in [-0.2, 0) is 12.8 Å². The molecule has 7 unspecified atom stereocenters. The van der Waals surface area contributed by atoms with Crippen LogP contribution in [0, 0.1) is 29.6 Å². The Hall–Kier alpha value is -5.97. The fourth-order valence-corrected chi connectivity index (χ4v) is 14.1. The Balaban J connectivity index is 0.805. The number of nitrogens with zero attached hydrogens (tertiary/aromatic N) is 3. The minimum atomic E-state index is -0.187. The zero-order valence-electron chi connectivity index (χ0n) is 36.7. The summed E-state index contributed by atoms with van der Waals surface area (Å²) in [6.45, 7) is 0. The number of fused-ring (bicyclic) bond motifs is 8. The van der Waals surface area contributed by atoms with E-state index in [0.717, 1.165) is 57.1 Å². The molecule has 64 heavy (non-hydrogen) atoms. The molecule has 9 aliphatic carbocycles. The van der Waals surface area contributed by atoms with Crippen LogP contribution < -0.4 is 10.2 Å². The average molecular weight is 833 g/mol. The molecule has 8 atom stereocenters. The topological polar surface area (TPSA) is 32.6 Å². The zero-order valence-corrected chi connectivity index (χ0v) is 36.7. The van der Waals surface area contributed by atoms with E-state index in [0.29, 0.717) is 35.5 Å². The van der Waals surface area contributed by atoms with Gasteiger partial charge in [-0.1, -0.05) is 121 Å². The van der Waals surface area contributed by atoms with Crippen molar-refractivity contribution in [1.29, 1.82) is 0 Å². The Labute approximate surface area is 378 Å². The monoisotopic (exact) mass is 832 g/mol. The largest absolute Gasteiger partial charge is 0.317 e. The Morgan fingerprint density at radius 1 is 0.703 bits per heavy atom. The number of aromatic nitrogens is 1. The molecule has 4 nitrogen and oxygen atoms in total. The molecule has 0 saturated carbocycles. The zero-order chi connectivity index (χ0) is 41.9. The highest BCUT2D eigenvalue weighted by atomic mass is 15.3. The van der Waals surface area contributed by atoms with Crippen molar-refractivity contribution in [1.82, 2.24) is 9.88 Å². The smallest absolute Gasteiger partial charge is 0.181 e. The second-order valence-corrected chi connectivity index (χ2v) is 20.0. The van der Waals surface area contributed by atoms with Crippen molar-refractivity contribution in [2.75, 3.05) is 4.90 Å². The van der Waals surface area contributed by atoms with Crippen molar-refractivity contribution < 1.29 is 0 Å². The third-order valence-electron chi connectivity index (χ3n) is 16.9. The van der Waals surface area contributed by atoms with Gasteiger partial charge in [-0.15, -0.1) is 0 Å². The molecule has 11 aliphatic rings. The van der Waals surface area contributed by atoms with Gasteiger partial charge in [-0.25, -0.2) is 4.99 Å². The van der Waals surface area contributed by atoms with Gasteiger partial charge in [0.1, 0.15) is 0 Å². The van der Waals surface area contributed by atoms with E-state index in [9.17, 15) is 0 Å². The molecule has 2 aliphatic heterocycles. The third-order valence-corrected chi connectivity index (χ3v) is 16.9. The van der Waals surface area contributed by atoms with Crippen molar-refractivity contribution in [3.05, 3.63) is 218 Å². The SMILES string of the molecule is C1=CC[C@@H]2NC(n3c4c(c5c3C=CC(C3C=C6C(CC3)C3=C(CCC=C3)N6c3ccccc3)C5)CCC=C4)N=C(c3cccc(C4CC=C5C6=C(C=CCC6)C6=CC=CC4C65)c3)C2=C1. The molecule has 0 amide bonds. The number of benzene rings is 2. The van der Waals surface area contributed by atoms with Crippen LogP contribution in [0.3, 0.4) is 0 Å². The van der Waals surface area contributed by atoms with E-state index in [1.54, 1.807) is 33.4 Å². The lowest BCUT2D eigenvalue weighted by Gasteiger charge is -2.38. The van der Waals surface area contributed by atoms with Gasteiger partial charge in [0.05, 0.1) is 5.71 Å². The molecule has 0 bridgehead atoms. The lowest BCUT2D eigenvalue weighted by Crippen LogP contribution is -2.44. The molecule has 3 heterocycles. The van der Waals surface area contributed by atoms with Gasteiger partial charge in [-0.2, -0.15) is 0 Å². The van der Waals surface area contributed by atoms with Gasteiger partial charge in [0, 0.05) is 51.9 Å². The lowest BCUT2D eigenvalue weighted by atomic mass is 9.66. The Morgan fingerprint density at radius 3 is 2.55 bits per heavy atom. The van der Waals surface area contributed by atoms with Gasteiger partial charge in [0.15, 0.2) is 6.29 Å². The second kappa shape index (κ2) is 14.8. The van der Waals surface area contributed by atoms with Crippen molar-refractivity contribution in [2.45, 2.75) is 88.9 Å². The van der Waals surface area contributed by atoms with Gasteiger partial charge in [-0.05, 0) is 175 Å². The number of para-hydroxylation sites is 1. The normalized spacial score (nSPS) is 31.2. The van der Waals surface area contributed by atoms with Gasteiger partial charge in [-0.3, -0.25) is 5.32 Å². The highest BCUT2D eigenvalue weighted by Crippen LogP contribution is 2.57. The molecular formula is C60H56N4. The maximum atomic E-state index is 5.79. The van der Waals surface area contributed by atoms with Gasteiger partial charge >= 0.3 is 0 Å². The van der Waals surface area contributed by atoms with Gasteiger partial charge < -0.3 is 9.47 Å². The van der Waals surface area contributed by atoms with Crippen LogP contribution in [0.4, 0.5) is 5.69 Å². The Kier molecular flexibility index (Phi) is 8.64. The van der Waals surface area contributed by atoms with E-state index >= 15 is 0 Å². The molecule has 0 radical (unpaired) electrons. The van der Waals surface area contributed by atoms with Crippen molar-refractivity contribution in [3.8, 4) is 0 Å². The molecular weight excluding hydrogens is 777 g/mol. The molecule has 316 valence electrons. The highest BCUT2D eigenvalue weighted by Gasteiger charge is 2.45. The first-order valence-corrected chi connectivity index (χ1v) is 24.6. The molecule has 4 heteroatoms. The standard InChI is InChI=1S/C60H56N4/c1-2-16-41(17-3-1)63-54-26-10-7-20-45(54)47-30-28-38(36-57(47)63)37-29-33-56-52(35-37)46-21-8-11-27-55(46)64(56)60-61-53-25-9-6-22-51(53)59(62-60)40-15-12-14-39(34-40)42-31-32-50-44-19-5-4-18-43(44)49-24-13-23-48(42)58(49)50/h1-4,6-7,9,11-18,20,22-24,27,29,32-34,36-38,42,47-48,53,58,60-61H,5,8,10,19,21,25-26,28,30-31,35H2/t37?,38?,42?,47?,48?,53-,58?,60?/m0/s1. The molecule has 0 fully saturated rings.